The molecule has 1 rings (SSSR count). The first-order valence-electron chi connectivity index (χ1n) is 4.73. The van der Waals surface area contributed by atoms with E-state index in [0.717, 1.165) is 0 Å². The van der Waals surface area contributed by atoms with Gasteiger partial charge in [0.25, 0.3) is 5.91 Å². The molecule has 0 fully saturated rings. The van der Waals surface area contributed by atoms with Gasteiger partial charge in [0.05, 0.1) is 0 Å². The number of amides is 1. The van der Waals surface area contributed by atoms with Crippen LogP contribution in [0.3, 0.4) is 0 Å². The highest BCUT2D eigenvalue weighted by atomic mass is 16.4. The lowest BCUT2D eigenvalue weighted by atomic mass is 10.0. The fraction of sp³-hybridized carbons (Fsp3) is 0.444. The van der Waals surface area contributed by atoms with E-state index in [-0.39, 0.29) is 11.6 Å². The number of carboxylic acids is 1. The number of imidazole rings is 1. The van der Waals surface area contributed by atoms with Crippen molar-refractivity contribution >= 4 is 11.9 Å². The molecule has 0 radical (unpaired) electrons. The van der Waals surface area contributed by atoms with E-state index in [1.165, 1.54) is 6.20 Å². The Morgan fingerprint density at radius 3 is 2.44 bits per heavy atom. The van der Waals surface area contributed by atoms with Crippen molar-refractivity contribution in [2.75, 3.05) is 0 Å². The van der Waals surface area contributed by atoms with Gasteiger partial charge in [-0.05, 0) is 5.92 Å². The molecule has 0 unspecified atom stereocenters. The maximum atomic E-state index is 11.5. The summed E-state index contributed by atoms with van der Waals surface area (Å²) < 4.78 is 0. The first-order valence-corrected chi connectivity index (χ1v) is 4.73. The highest BCUT2D eigenvalue weighted by Crippen LogP contribution is 2.02. The summed E-state index contributed by atoms with van der Waals surface area (Å²) in [5.74, 6) is -1.98. The molecule has 1 aromatic rings. The van der Waals surface area contributed by atoms with E-state index >= 15 is 0 Å². The van der Waals surface area contributed by atoms with Crippen molar-refractivity contribution in [2.24, 2.45) is 5.92 Å². The zero-order valence-corrected chi connectivity index (χ0v) is 8.90. The van der Waals surface area contributed by atoms with Gasteiger partial charge in [-0.3, -0.25) is 4.79 Å². The van der Waals surface area contributed by atoms with Crippen LogP contribution in [0.15, 0.2) is 11.0 Å². The molecule has 16 heavy (non-hydrogen) atoms. The fourth-order valence-electron chi connectivity index (χ4n) is 1.19. The van der Waals surface area contributed by atoms with E-state index in [9.17, 15) is 14.4 Å². The zero-order chi connectivity index (χ0) is 12.3. The number of carboxylic acid groups (broad SMARTS) is 1. The van der Waals surface area contributed by atoms with Crippen LogP contribution >= 0.6 is 0 Å². The molecule has 0 aromatic carbocycles. The van der Waals surface area contributed by atoms with Gasteiger partial charge in [0, 0.05) is 6.20 Å². The van der Waals surface area contributed by atoms with E-state index in [2.05, 4.69) is 15.3 Å². The van der Waals surface area contributed by atoms with E-state index in [1.54, 1.807) is 13.8 Å². The Morgan fingerprint density at radius 2 is 2.06 bits per heavy atom. The average Bonchev–Trinajstić information content (AvgIpc) is 2.59. The first-order chi connectivity index (χ1) is 7.41. The van der Waals surface area contributed by atoms with Gasteiger partial charge < -0.3 is 20.4 Å². The molecule has 0 spiro atoms. The topological polar surface area (TPSA) is 115 Å². The SMILES string of the molecule is CC(C)[C@H](NC(=O)c1c[nH]c(=O)[nH]1)C(=O)O. The number of carbonyl (C=O) groups excluding carboxylic acids is 1. The Labute approximate surface area is 90.9 Å². The second kappa shape index (κ2) is 4.65. The summed E-state index contributed by atoms with van der Waals surface area (Å²) in [5, 5.41) is 11.2. The van der Waals surface area contributed by atoms with E-state index < -0.39 is 23.6 Å². The minimum absolute atomic E-state index is 0.0110. The average molecular weight is 227 g/mol. The second-order valence-electron chi connectivity index (χ2n) is 3.69. The van der Waals surface area contributed by atoms with Crippen molar-refractivity contribution < 1.29 is 14.7 Å². The van der Waals surface area contributed by atoms with Gasteiger partial charge in [-0.2, -0.15) is 0 Å². The van der Waals surface area contributed by atoms with Crippen molar-refractivity contribution in [3.8, 4) is 0 Å². The monoisotopic (exact) mass is 227 g/mol. The Hall–Kier alpha value is -2.05. The van der Waals surface area contributed by atoms with Crippen LogP contribution < -0.4 is 11.0 Å². The lowest BCUT2D eigenvalue weighted by molar-refractivity contribution is -0.140. The normalized spacial score (nSPS) is 12.4. The molecule has 0 saturated carbocycles. The zero-order valence-electron chi connectivity index (χ0n) is 8.90. The first kappa shape index (κ1) is 12.0. The summed E-state index contributed by atoms with van der Waals surface area (Å²) in [6.45, 7) is 3.36. The summed E-state index contributed by atoms with van der Waals surface area (Å²) in [4.78, 5) is 37.6. The van der Waals surface area contributed by atoms with Crippen LogP contribution in [0.4, 0.5) is 0 Å². The molecule has 0 aliphatic carbocycles. The number of carbonyl (C=O) groups is 2. The van der Waals surface area contributed by atoms with E-state index in [4.69, 9.17) is 5.11 Å². The Balaban J connectivity index is 2.76. The highest BCUT2D eigenvalue weighted by Gasteiger charge is 2.24. The van der Waals surface area contributed by atoms with E-state index in [1.807, 2.05) is 0 Å². The van der Waals surface area contributed by atoms with Crippen molar-refractivity contribution in [3.05, 3.63) is 22.4 Å². The lowest BCUT2D eigenvalue weighted by Crippen LogP contribution is -2.44. The minimum atomic E-state index is -1.11. The van der Waals surface area contributed by atoms with E-state index in [0.29, 0.717) is 0 Å². The molecule has 1 aromatic heterocycles. The van der Waals surface area contributed by atoms with Crippen LogP contribution in [0, 0.1) is 5.92 Å². The Morgan fingerprint density at radius 1 is 1.44 bits per heavy atom. The third-order valence-corrected chi connectivity index (χ3v) is 2.06. The van der Waals surface area contributed by atoms with Crippen LogP contribution in [0.1, 0.15) is 24.3 Å². The summed E-state index contributed by atoms with van der Waals surface area (Å²) in [5.41, 5.74) is -0.501. The predicted octanol–water partition coefficient (Wildman–Crippen LogP) is -0.458. The third-order valence-electron chi connectivity index (χ3n) is 2.06. The van der Waals surface area contributed by atoms with Crippen LogP contribution in [-0.4, -0.2) is 33.0 Å². The molecule has 7 heteroatoms. The van der Waals surface area contributed by atoms with Gasteiger partial charge in [0.2, 0.25) is 0 Å². The number of aromatic nitrogens is 2. The number of aromatic amines is 2. The largest absolute Gasteiger partial charge is 0.480 e. The summed E-state index contributed by atoms with van der Waals surface area (Å²) in [6, 6.07) is -0.981. The van der Waals surface area contributed by atoms with Crippen LogP contribution in [0.25, 0.3) is 0 Å². The number of H-pyrrole nitrogens is 2. The maximum Gasteiger partial charge on any atom is 0.326 e. The van der Waals surface area contributed by atoms with Crippen molar-refractivity contribution in [1.82, 2.24) is 15.3 Å². The number of rotatable bonds is 4. The van der Waals surface area contributed by atoms with Gasteiger partial charge in [-0.25, -0.2) is 9.59 Å². The van der Waals surface area contributed by atoms with Gasteiger partial charge in [-0.1, -0.05) is 13.8 Å². The Kier molecular flexibility index (Phi) is 3.49. The lowest BCUT2D eigenvalue weighted by Gasteiger charge is -2.17. The molecule has 1 atom stereocenters. The number of aliphatic carboxylic acids is 1. The van der Waals surface area contributed by atoms with Gasteiger partial charge in [0.1, 0.15) is 11.7 Å². The molecular weight excluding hydrogens is 214 g/mol. The van der Waals surface area contributed by atoms with Crippen LogP contribution in [-0.2, 0) is 4.79 Å². The third kappa shape index (κ3) is 2.72. The number of hydrogen-bond donors (Lipinski definition) is 4. The molecular formula is C9H13N3O4. The quantitative estimate of drug-likeness (QED) is 0.557. The molecule has 1 heterocycles. The molecule has 0 aliphatic rings. The molecule has 0 bridgehead atoms. The molecule has 4 N–H and O–H groups in total. The molecule has 0 aliphatic heterocycles. The van der Waals surface area contributed by atoms with Gasteiger partial charge in [-0.15, -0.1) is 0 Å². The number of hydrogen-bond acceptors (Lipinski definition) is 3. The maximum absolute atomic E-state index is 11.5. The van der Waals surface area contributed by atoms with Crippen molar-refractivity contribution in [3.63, 3.8) is 0 Å². The molecule has 7 nitrogen and oxygen atoms in total. The van der Waals surface area contributed by atoms with Crippen LogP contribution in [0.5, 0.6) is 0 Å². The van der Waals surface area contributed by atoms with Gasteiger partial charge in [0.15, 0.2) is 0 Å². The summed E-state index contributed by atoms with van der Waals surface area (Å²) >= 11 is 0. The van der Waals surface area contributed by atoms with Crippen molar-refractivity contribution in [2.45, 2.75) is 19.9 Å². The molecule has 1 amide bonds. The summed E-state index contributed by atoms with van der Waals surface area (Å²) in [7, 11) is 0. The predicted molar refractivity (Wildman–Crippen MR) is 55.1 cm³/mol. The number of nitrogens with one attached hydrogen (secondary N) is 3. The Bertz CT molecular complexity index is 446. The molecule has 88 valence electrons. The second-order valence-corrected chi connectivity index (χ2v) is 3.69. The fourth-order valence-corrected chi connectivity index (χ4v) is 1.19. The minimum Gasteiger partial charge on any atom is -0.480 e. The van der Waals surface area contributed by atoms with Crippen LogP contribution in [0.2, 0.25) is 0 Å². The highest BCUT2D eigenvalue weighted by molar-refractivity contribution is 5.94. The standard InChI is InChI=1S/C9H13N3O4/c1-4(2)6(8(14)15)12-7(13)5-3-10-9(16)11-5/h3-4,6H,1-2H3,(H,12,13)(H,14,15)(H2,10,11,16)/t6-/m0/s1. The van der Waals surface area contributed by atoms with Gasteiger partial charge >= 0.3 is 11.7 Å². The summed E-state index contributed by atoms with van der Waals surface area (Å²) in [6.07, 6.45) is 1.19. The smallest absolute Gasteiger partial charge is 0.326 e. The molecule has 0 saturated heterocycles. The van der Waals surface area contributed by atoms with Crippen molar-refractivity contribution in [1.29, 1.82) is 0 Å².